The number of nitrogens with one attached hydrogen (secondary N) is 1. The smallest absolute Gasteiger partial charge is 0.323 e. The molecule has 0 aliphatic carbocycles. The Balaban J connectivity index is 2.16. The summed E-state index contributed by atoms with van der Waals surface area (Å²) in [6, 6.07) is 0.429. The van der Waals surface area contributed by atoms with Gasteiger partial charge in [0.05, 0.1) is 6.61 Å². The van der Waals surface area contributed by atoms with Crippen LogP contribution in [-0.2, 0) is 0 Å². The maximum Gasteiger partial charge on any atom is 0.323 e. The third-order valence-electron chi connectivity index (χ3n) is 3.51. The van der Waals surface area contributed by atoms with E-state index in [0.29, 0.717) is 24.5 Å². The van der Waals surface area contributed by atoms with Crippen LogP contribution in [0.1, 0.15) is 46.5 Å². The molecule has 0 bridgehead atoms. The van der Waals surface area contributed by atoms with Crippen molar-refractivity contribution >= 4 is 11.9 Å². The van der Waals surface area contributed by atoms with Crippen molar-refractivity contribution in [1.82, 2.24) is 15.0 Å². The summed E-state index contributed by atoms with van der Waals surface area (Å²) in [6.07, 6.45) is 4.45. The molecule has 0 spiro atoms. The van der Waals surface area contributed by atoms with E-state index >= 15 is 0 Å². The Morgan fingerprint density at radius 2 is 2.10 bits per heavy atom. The van der Waals surface area contributed by atoms with E-state index < -0.39 is 0 Å². The normalized spacial score (nSPS) is 18.6. The summed E-state index contributed by atoms with van der Waals surface area (Å²) in [4.78, 5) is 15.6. The lowest BCUT2D eigenvalue weighted by Gasteiger charge is -2.31. The van der Waals surface area contributed by atoms with Crippen LogP contribution in [0.15, 0.2) is 0 Å². The van der Waals surface area contributed by atoms with Crippen LogP contribution in [-0.4, -0.2) is 41.2 Å². The first-order chi connectivity index (χ1) is 10.2. The Kier molecular flexibility index (Phi) is 6.02. The van der Waals surface area contributed by atoms with Gasteiger partial charge in [-0.1, -0.05) is 20.8 Å². The van der Waals surface area contributed by atoms with E-state index in [2.05, 4.69) is 45.9 Å². The zero-order valence-corrected chi connectivity index (χ0v) is 13.4. The first-order valence-corrected chi connectivity index (χ1v) is 8.10. The largest absolute Gasteiger partial charge is 0.463 e. The molecular weight excluding hydrogens is 266 g/mol. The SMILES string of the molecule is CCCNc1nc(OCCC)nc(N2CCCC(C)C2)n1. The van der Waals surface area contributed by atoms with Crippen molar-refractivity contribution < 1.29 is 4.74 Å². The van der Waals surface area contributed by atoms with Crippen molar-refractivity contribution in [2.24, 2.45) is 5.92 Å². The molecule has 1 fully saturated rings. The van der Waals surface area contributed by atoms with Crippen LogP contribution in [0.2, 0.25) is 0 Å². The summed E-state index contributed by atoms with van der Waals surface area (Å²) in [7, 11) is 0. The molecule has 0 saturated carbocycles. The van der Waals surface area contributed by atoms with Crippen LogP contribution < -0.4 is 15.0 Å². The average molecular weight is 293 g/mol. The van der Waals surface area contributed by atoms with Crippen LogP contribution in [0.3, 0.4) is 0 Å². The third-order valence-corrected chi connectivity index (χ3v) is 3.51. The van der Waals surface area contributed by atoms with Gasteiger partial charge in [0.2, 0.25) is 11.9 Å². The van der Waals surface area contributed by atoms with Gasteiger partial charge >= 0.3 is 6.01 Å². The van der Waals surface area contributed by atoms with Crippen LogP contribution >= 0.6 is 0 Å². The summed E-state index contributed by atoms with van der Waals surface area (Å²) >= 11 is 0. The third kappa shape index (κ3) is 4.72. The molecule has 1 aromatic rings. The molecule has 1 N–H and O–H groups in total. The van der Waals surface area contributed by atoms with Crippen LogP contribution in [0.25, 0.3) is 0 Å². The quantitative estimate of drug-likeness (QED) is 0.834. The van der Waals surface area contributed by atoms with Gasteiger partial charge in [0.1, 0.15) is 0 Å². The number of hydrogen-bond acceptors (Lipinski definition) is 6. The molecule has 2 heterocycles. The molecule has 118 valence electrons. The molecule has 0 aromatic carbocycles. The molecule has 1 aromatic heterocycles. The van der Waals surface area contributed by atoms with E-state index in [9.17, 15) is 0 Å². The fourth-order valence-corrected chi connectivity index (χ4v) is 2.43. The van der Waals surface area contributed by atoms with Crippen molar-refractivity contribution in [3.8, 4) is 6.01 Å². The number of nitrogens with zero attached hydrogens (tertiary/aromatic N) is 4. The molecule has 1 atom stereocenters. The minimum absolute atomic E-state index is 0.429. The van der Waals surface area contributed by atoms with Gasteiger partial charge in [0.15, 0.2) is 0 Å². The van der Waals surface area contributed by atoms with Crippen LogP contribution in [0, 0.1) is 5.92 Å². The minimum atomic E-state index is 0.429. The highest BCUT2D eigenvalue weighted by atomic mass is 16.5. The molecule has 1 unspecified atom stereocenters. The number of hydrogen-bond donors (Lipinski definition) is 1. The van der Waals surface area contributed by atoms with Crippen molar-refractivity contribution in [2.45, 2.75) is 46.5 Å². The van der Waals surface area contributed by atoms with Gasteiger partial charge < -0.3 is 15.0 Å². The second kappa shape index (κ2) is 8.00. The Hall–Kier alpha value is -1.59. The molecular formula is C15H27N5O. The summed E-state index contributed by atoms with van der Waals surface area (Å²) in [6.45, 7) is 9.97. The highest BCUT2D eigenvalue weighted by Gasteiger charge is 2.20. The van der Waals surface area contributed by atoms with Gasteiger partial charge in [-0.15, -0.1) is 0 Å². The number of piperidine rings is 1. The maximum absolute atomic E-state index is 5.61. The maximum atomic E-state index is 5.61. The number of anilines is 2. The molecule has 0 radical (unpaired) electrons. The molecule has 1 aliphatic rings. The molecule has 0 amide bonds. The number of ether oxygens (including phenoxy) is 1. The number of rotatable bonds is 7. The highest BCUT2D eigenvalue weighted by Crippen LogP contribution is 2.22. The van der Waals surface area contributed by atoms with E-state index in [0.717, 1.165) is 38.4 Å². The summed E-state index contributed by atoms with van der Waals surface area (Å²) in [5, 5.41) is 3.23. The van der Waals surface area contributed by atoms with Crippen LogP contribution in [0.4, 0.5) is 11.9 Å². The van der Waals surface area contributed by atoms with E-state index in [1.807, 2.05) is 0 Å². The van der Waals surface area contributed by atoms with Crippen molar-refractivity contribution in [1.29, 1.82) is 0 Å². The van der Waals surface area contributed by atoms with Crippen LogP contribution in [0.5, 0.6) is 6.01 Å². The molecule has 6 nitrogen and oxygen atoms in total. The second-order valence-electron chi connectivity index (χ2n) is 5.71. The molecule has 1 saturated heterocycles. The predicted molar refractivity (Wildman–Crippen MR) is 85.0 cm³/mol. The van der Waals surface area contributed by atoms with Gasteiger partial charge in [-0.25, -0.2) is 0 Å². The number of aromatic nitrogens is 3. The Morgan fingerprint density at radius 1 is 1.24 bits per heavy atom. The summed E-state index contributed by atoms with van der Waals surface area (Å²) in [5.74, 6) is 2.04. The Morgan fingerprint density at radius 3 is 2.81 bits per heavy atom. The highest BCUT2D eigenvalue weighted by molar-refractivity contribution is 5.38. The average Bonchev–Trinajstić information content (AvgIpc) is 2.50. The first-order valence-electron chi connectivity index (χ1n) is 8.10. The second-order valence-corrected chi connectivity index (χ2v) is 5.71. The van der Waals surface area contributed by atoms with Gasteiger partial charge in [-0.05, 0) is 31.6 Å². The van der Waals surface area contributed by atoms with E-state index in [4.69, 9.17) is 4.74 Å². The Labute approximate surface area is 127 Å². The van der Waals surface area contributed by atoms with E-state index in [-0.39, 0.29) is 0 Å². The topological polar surface area (TPSA) is 63.2 Å². The minimum Gasteiger partial charge on any atom is -0.463 e. The lowest BCUT2D eigenvalue weighted by Crippen LogP contribution is -2.35. The zero-order chi connectivity index (χ0) is 15.1. The van der Waals surface area contributed by atoms with Crippen molar-refractivity contribution in [2.75, 3.05) is 36.5 Å². The zero-order valence-electron chi connectivity index (χ0n) is 13.4. The Bertz CT molecular complexity index is 414. The van der Waals surface area contributed by atoms with Gasteiger partial charge in [0.25, 0.3) is 0 Å². The van der Waals surface area contributed by atoms with E-state index in [1.165, 1.54) is 12.8 Å². The van der Waals surface area contributed by atoms with Gasteiger partial charge in [0, 0.05) is 19.6 Å². The van der Waals surface area contributed by atoms with Crippen molar-refractivity contribution in [3.63, 3.8) is 0 Å². The van der Waals surface area contributed by atoms with Crippen molar-refractivity contribution in [3.05, 3.63) is 0 Å². The fourth-order valence-electron chi connectivity index (χ4n) is 2.43. The lowest BCUT2D eigenvalue weighted by molar-refractivity contribution is 0.291. The molecule has 21 heavy (non-hydrogen) atoms. The standard InChI is InChI=1S/C15H27N5O/c1-4-8-16-13-17-14(19-15(18-13)21-10-5-2)20-9-6-7-12(3)11-20/h12H,4-11H2,1-3H3,(H,16,17,18,19). The van der Waals surface area contributed by atoms with E-state index in [1.54, 1.807) is 0 Å². The monoisotopic (exact) mass is 293 g/mol. The van der Waals surface area contributed by atoms with Gasteiger partial charge in [-0.2, -0.15) is 15.0 Å². The lowest BCUT2D eigenvalue weighted by atomic mass is 10.0. The molecule has 6 heteroatoms. The fraction of sp³-hybridized carbons (Fsp3) is 0.800. The molecule has 1 aliphatic heterocycles. The summed E-state index contributed by atoms with van der Waals surface area (Å²) < 4.78 is 5.61. The predicted octanol–water partition coefficient (Wildman–Crippen LogP) is 2.72. The molecule has 2 rings (SSSR count). The summed E-state index contributed by atoms with van der Waals surface area (Å²) in [5.41, 5.74) is 0. The first kappa shape index (κ1) is 15.8. The van der Waals surface area contributed by atoms with Gasteiger partial charge in [-0.3, -0.25) is 0 Å².